The van der Waals surface area contributed by atoms with Crippen molar-refractivity contribution in [2.45, 2.75) is 33.2 Å². The third kappa shape index (κ3) is 7.27. The fraction of sp³-hybridized carbons (Fsp3) is 0.440. The highest BCUT2D eigenvalue weighted by Crippen LogP contribution is 2.34. The van der Waals surface area contributed by atoms with Crippen LogP contribution in [0.15, 0.2) is 47.5 Å². The van der Waals surface area contributed by atoms with Gasteiger partial charge in [0.25, 0.3) is 0 Å². The Morgan fingerprint density at radius 2 is 1.94 bits per heavy atom. The SMILES string of the molecule is C=C(NC)N(C)/C(N)=C(/NCC(=O)NC1NC(c2ccc(N(CC)CC)cc2OCC)=CS1)C(C)=O. The smallest absolute Gasteiger partial charge is 0.241 e. The molecule has 1 unspecified atom stereocenters. The number of nitrogens with zero attached hydrogens (tertiary/aromatic N) is 2. The molecule has 0 aliphatic carbocycles. The van der Waals surface area contributed by atoms with E-state index >= 15 is 0 Å². The number of nitrogens with one attached hydrogen (secondary N) is 4. The Morgan fingerprint density at radius 3 is 2.53 bits per heavy atom. The highest BCUT2D eigenvalue weighted by molar-refractivity contribution is 8.03. The molecule has 1 amide bonds. The van der Waals surface area contributed by atoms with Gasteiger partial charge in [-0.15, -0.1) is 0 Å². The monoisotopic (exact) mass is 517 g/mol. The maximum atomic E-state index is 12.6. The first kappa shape index (κ1) is 28.8. The van der Waals surface area contributed by atoms with Crippen molar-refractivity contribution in [2.75, 3.05) is 45.2 Å². The first-order valence-electron chi connectivity index (χ1n) is 11.9. The van der Waals surface area contributed by atoms with Gasteiger partial charge in [-0.05, 0) is 38.3 Å². The van der Waals surface area contributed by atoms with Gasteiger partial charge in [0.05, 0.1) is 24.7 Å². The van der Waals surface area contributed by atoms with E-state index in [9.17, 15) is 9.59 Å². The fourth-order valence-electron chi connectivity index (χ4n) is 3.59. The van der Waals surface area contributed by atoms with Gasteiger partial charge >= 0.3 is 0 Å². The highest BCUT2D eigenvalue weighted by Gasteiger charge is 2.23. The van der Waals surface area contributed by atoms with Gasteiger partial charge in [-0.3, -0.25) is 9.59 Å². The quantitative estimate of drug-likeness (QED) is 0.234. The molecule has 36 heavy (non-hydrogen) atoms. The summed E-state index contributed by atoms with van der Waals surface area (Å²) in [5.74, 6) is 0.889. The fourth-order valence-corrected chi connectivity index (χ4v) is 4.45. The van der Waals surface area contributed by atoms with Crippen molar-refractivity contribution in [3.63, 3.8) is 0 Å². The predicted octanol–water partition coefficient (Wildman–Crippen LogP) is 1.89. The second-order valence-corrected chi connectivity index (χ2v) is 8.95. The van der Waals surface area contributed by atoms with Crippen LogP contribution in [0.3, 0.4) is 0 Å². The molecule has 1 atom stereocenters. The average molecular weight is 518 g/mol. The van der Waals surface area contributed by atoms with Crippen LogP contribution < -0.4 is 36.6 Å². The molecule has 0 aromatic heterocycles. The Balaban J connectivity index is 2.04. The van der Waals surface area contributed by atoms with Crippen molar-refractivity contribution in [3.8, 4) is 5.75 Å². The number of ether oxygens (including phenoxy) is 1. The van der Waals surface area contributed by atoms with Crippen molar-refractivity contribution in [3.05, 3.63) is 53.1 Å². The molecule has 0 bridgehead atoms. The first-order valence-corrected chi connectivity index (χ1v) is 12.9. The molecule has 1 aromatic rings. The van der Waals surface area contributed by atoms with Gasteiger partial charge in [0, 0.05) is 51.4 Å². The van der Waals surface area contributed by atoms with Gasteiger partial charge < -0.3 is 41.5 Å². The normalized spacial score (nSPS) is 15.2. The number of rotatable bonds is 14. The zero-order valence-electron chi connectivity index (χ0n) is 22.0. The minimum atomic E-state index is -0.361. The minimum absolute atomic E-state index is 0.119. The molecule has 1 aliphatic rings. The number of allylic oxidation sites excluding steroid dienone is 1. The summed E-state index contributed by atoms with van der Waals surface area (Å²) in [7, 11) is 3.38. The lowest BCUT2D eigenvalue weighted by molar-refractivity contribution is -0.120. The molecule has 198 valence electrons. The molecule has 0 spiro atoms. The van der Waals surface area contributed by atoms with Crippen LogP contribution in [0.5, 0.6) is 5.75 Å². The first-order chi connectivity index (χ1) is 17.2. The summed E-state index contributed by atoms with van der Waals surface area (Å²) in [6, 6.07) is 6.16. The molecule has 0 radical (unpaired) electrons. The van der Waals surface area contributed by atoms with Gasteiger partial charge in [-0.25, -0.2) is 0 Å². The maximum absolute atomic E-state index is 12.6. The molecule has 11 heteroatoms. The van der Waals surface area contributed by atoms with Crippen LogP contribution >= 0.6 is 11.8 Å². The number of benzene rings is 1. The van der Waals surface area contributed by atoms with Gasteiger partial charge in [0.1, 0.15) is 17.3 Å². The standard InChI is InChI=1S/C25H39N7O3S/c1-8-32(9-2)18-11-12-19(21(13-18)35-10-3)20-15-36-25(29-20)30-22(34)14-28-23(16(4)33)24(26)31(7)17(5)27-6/h11-13,15,25,27-29H,5,8-10,14,26H2,1-4,6-7H3,(H,30,34)/b24-23+. The molecule has 1 aromatic carbocycles. The summed E-state index contributed by atoms with van der Waals surface area (Å²) in [6.07, 6.45) is 0. The van der Waals surface area contributed by atoms with E-state index < -0.39 is 0 Å². The molecule has 0 saturated heterocycles. The number of amides is 1. The van der Waals surface area contributed by atoms with Gasteiger partial charge in [0.15, 0.2) is 11.3 Å². The molecule has 10 nitrogen and oxygen atoms in total. The Hall–Kier alpha value is -3.47. The lowest BCUT2D eigenvalue weighted by Crippen LogP contribution is -2.44. The van der Waals surface area contributed by atoms with E-state index in [4.69, 9.17) is 10.5 Å². The third-order valence-corrected chi connectivity index (χ3v) is 6.55. The summed E-state index contributed by atoms with van der Waals surface area (Å²) in [5, 5.41) is 13.9. The molecule has 0 saturated carbocycles. The van der Waals surface area contributed by atoms with E-state index in [1.165, 1.54) is 23.6 Å². The summed E-state index contributed by atoms with van der Waals surface area (Å²) in [5.41, 5.74) is 8.79. The molecular formula is C25H39N7O3S. The summed E-state index contributed by atoms with van der Waals surface area (Å²) in [4.78, 5) is 28.5. The van der Waals surface area contributed by atoms with E-state index in [1.54, 1.807) is 14.1 Å². The number of thioether (sulfide) groups is 1. The van der Waals surface area contributed by atoms with E-state index in [2.05, 4.69) is 58.7 Å². The van der Waals surface area contributed by atoms with Gasteiger partial charge in [-0.2, -0.15) is 0 Å². The van der Waals surface area contributed by atoms with Gasteiger partial charge in [0.2, 0.25) is 5.91 Å². The highest BCUT2D eigenvalue weighted by atomic mass is 32.2. The number of carbonyl (C=O) groups is 2. The van der Waals surface area contributed by atoms with Crippen LogP contribution in [0.1, 0.15) is 33.3 Å². The van der Waals surface area contributed by atoms with Crippen molar-refractivity contribution in [1.29, 1.82) is 0 Å². The second kappa shape index (κ2) is 13.6. The number of ketones is 1. The van der Waals surface area contributed by atoms with Crippen LogP contribution in [0, 0.1) is 0 Å². The van der Waals surface area contributed by atoms with E-state index in [0.717, 1.165) is 35.8 Å². The Kier molecular flexibility index (Phi) is 10.8. The zero-order chi connectivity index (χ0) is 26.8. The largest absolute Gasteiger partial charge is 0.493 e. The van der Waals surface area contributed by atoms with Crippen molar-refractivity contribution in [2.24, 2.45) is 5.73 Å². The number of hydrogen-bond donors (Lipinski definition) is 5. The molecule has 0 fully saturated rings. The van der Waals surface area contributed by atoms with Crippen LogP contribution in [0.4, 0.5) is 5.69 Å². The summed E-state index contributed by atoms with van der Waals surface area (Å²) >= 11 is 1.45. The van der Waals surface area contributed by atoms with Crippen molar-refractivity contribution in [1.82, 2.24) is 26.2 Å². The molecule has 1 heterocycles. The number of nitrogens with two attached hydrogens (primary N) is 1. The van der Waals surface area contributed by atoms with E-state index in [0.29, 0.717) is 12.4 Å². The maximum Gasteiger partial charge on any atom is 0.241 e. The predicted molar refractivity (Wildman–Crippen MR) is 148 cm³/mol. The van der Waals surface area contributed by atoms with E-state index in [1.807, 2.05) is 18.4 Å². The number of anilines is 1. The zero-order valence-corrected chi connectivity index (χ0v) is 22.8. The van der Waals surface area contributed by atoms with Crippen molar-refractivity contribution >= 4 is 34.8 Å². The van der Waals surface area contributed by atoms with E-state index in [-0.39, 0.29) is 35.3 Å². The second-order valence-electron chi connectivity index (χ2n) is 7.97. The Labute approximate surface area is 218 Å². The summed E-state index contributed by atoms with van der Waals surface area (Å²) in [6.45, 7) is 13.7. The Morgan fingerprint density at radius 1 is 1.25 bits per heavy atom. The molecular weight excluding hydrogens is 478 g/mol. The van der Waals surface area contributed by atoms with Crippen LogP contribution in [-0.4, -0.2) is 62.4 Å². The molecule has 1 aliphatic heterocycles. The lowest BCUT2D eigenvalue weighted by Gasteiger charge is -2.24. The number of hydrogen-bond acceptors (Lipinski definition) is 10. The number of Topliss-reactive ketones (excluding diaryl/α,β-unsaturated/α-hetero) is 1. The Bertz CT molecular complexity index is 1020. The average Bonchev–Trinajstić information content (AvgIpc) is 3.32. The third-order valence-electron chi connectivity index (χ3n) is 5.67. The van der Waals surface area contributed by atoms with Crippen LogP contribution in [-0.2, 0) is 9.59 Å². The molecule has 6 N–H and O–H groups in total. The summed E-state index contributed by atoms with van der Waals surface area (Å²) < 4.78 is 5.92. The molecule has 2 rings (SSSR count). The van der Waals surface area contributed by atoms with Gasteiger partial charge in [-0.1, -0.05) is 18.3 Å². The van der Waals surface area contributed by atoms with Crippen LogP contribution in [0.2, 0.25) is 0 Å². The topological polar surface area (TPSA) is 124 Å². The minimum Gasteiger partial charge on any atom is -0.493 e. The van der Waals surface area contributed by atoms with Crippen LogP contribution in [0.25, 0.3) is 5.70 Å². The number of carbonyl (C=O) groups excluding carboxylic acids is 2. The van der Waals surface area contributed by atoms with Crippen molar-refractivity contribution < 1.29 is 14.3 Å². The lowest BCUT2D eigenvalue weighted by atomic mass is 10.1.